The smallest absolute Gasteiger partial charge is 0.365 e. The van der Waals surface area contributed by atoms with Crippen LogP contribution in [0.4, 0.5) is 18.9 Å². The van der Waals surface area contributed by atoms with Gasteiger partial charge in [-0.15, -0.1) is 0 Å². The zero-order valence-electron chi connectivity index (χ0n) is 13.5. The van der Waals surface area contributed by atoms with Gasteiger partial charge in [0.15, 0.2) is 0 Å². The number of likely N-dealkylation sites (tertiary alicyclic amines) is 1. The molecule has 1 fully saturated rings. The summed E-state index contributed by atoms with van der Waals surface area (Å²) in [4.78, 5) is 24.8. The van der Waals surface area contributed by atoms with E-state index >= 15 is 0 Å². The second-order valence-electron chi connectivity index (χ2n) is 5.94. The molecule has 1 aromatic rings. The number of hydrogen-bond donors (Lipinski definition) is 1. The molecule has 0 unspecified atom stereocenters. The Hall–Kier alpha value is -2.31. The van der Waals surface area contributed by atoms with Gasteiger partial charge in [0.1, 0.15) is 6.04 Å². The van der Waals surface area contributed by atoms with Crippen molar-refractivity contribution in [3.63, 3.8) is 0 Å². The van der Waals surface area contributed by atoms with Gasteiger partial charge in [0.05, 0.1) is 0 Å². The van der Waals surface area contributed by atoms with Crippen molar-refractivity contribution in [2.75, 3.05) is 11.9 Å². The highest BCUT2D eigenvalue weighted by Crippen LogP contribution is 2.22. The predicted molar refractivity (Wildman–Crippen MR) is 84.5 cm³/mol. The quantitative estimate of drug-likeness (QED) is 0.855. The molecule has 24 heavy (non-hydrogen) atoms. The van der Waals surface area contributed by atoms with Gasteiger partial charge in [-0.05, 0) is 49.9 Å². The first-order valence-corrected chi connectivity index (χ1v) is 7.61. The molecular formula is C17H19F3N2O2. The minimum absolute atomic E-state index is 0.290. The molecule has 1 amide bonds. The van der Waals surface area contributed by atoms with Crippen molar-refractivity contribution in [1.82, 2.24) is 4.90 Å². The molecule has 1 aromatic carbocycles. The van der Waals surface area contributed by atoms with E-state index in [4.69, 9.17) is 0 Å². The molecule has 4 nitrogen and oxygen atoms in total. The van der Waals surface area contributed by atoms with Crippen molar-refractivity contribution in [2.45, 2.75) is 38.9 Å². The standard InChI is InChI=1S/C17H19F3N2O2/c1-11-8-12(2)10-13(9-11)21-16(24)14-4-3-6-22(14)7-5-15(23)17(18,19)20/h5,7-10,14H,3-4,6H2,1-2H3,(H,21,24)/b7-5+/t14-/m1/s1. The lowest BCUT2D eigenvalue weighted by atomic mass is 10.1. The molecule has 0 bridgehead atoms. The van der Waals surface area contributed by atoms with E-state index in [0.29, 0.717) is 31.1 Å². The molecule has 2 rings (SSSR count). The Balaban J connectivity index is 2.05. The van der Waals surface area contributed by atoms with Crippen LogP contribution < -0.4 is 5.32 Å². The van der Waals surface area contributed by atoms with Gasteiger partial charge in [0, 0.05) is 24.5 Å². The van der Waals surface area contributed by atoms with E-state index in [1.807, 2.05) is 32.0 Å². The lowest BCUT2D eigenvalue weighted by Crippen LogP contribution is -2.36. The zero-order chi connectivity index (χ0) is 17.9. The molecule has 1 heterocycles. The third-order valence-corrected chi connectivity index (χ3v) is 3.78. The maximum Gasteiger partial charge on any atom is 0.454 e. The molecule has 0 radical (unpaired) electrons. The monoisotopic (exact) mass is 340 g/mol. The Bertz CT molecular complexity index is 648. The maximum atomic E-state index is 12.4. The number of allylic oxidation sites excluding steroid dienone is 1. The zero-order valence-corrected chi connectivity index (χ0v) is 13.5. The summed E-state index contributed by atoms with van der Waals surface area (Å²) in [6, 6.07) is 5.05. The number of benzene rings is 1. The summed E-state index contributed by atoms with van der Waals surface area (Å²) in [5.74, 6) is -2.22. The number of alkyl halides is 3. The lowest BCUT2D eigenvalue weighted by molar-refractivity contribution is -0.165. The minimum Gasteiger partial charge on any atom is -0.365 e. The molecule has 0 aromatic heterocycles. The number of carbonyl (C=O) groups excluding carboxylic acids is 2. The molecule has 1 saturated heterocycles. The SMILES string of the molecule is Cc1cc(C)cc(NC(=O)[C@H]2CCCN2/C=C/C(=O)C(F)(F)F)c1. The second-order valence-corrected chi connectivity index (χ2v) is 5.94. The molecular weight excluding hydrogens is 321 g/mol. The Kier molecular flexibility index (Phi) is 5.31. The van der Waals surface area contributed by atoms with Crippen LogP contribution in [0.2, 0.25) is 0 Å². The van der Waals surface area contributed by atoms with Crippen LogP contribution in [0.3, 0.4) is 0 Å². The van der Waals surface area contributed by atoms with Gasteiger partial charge >= 0.3 is 6.18 Å². The Morgan fingerprint density at radius 3 is 2.42 bits per heavy atom. The number of nitrogens with zero attached hydrogens (tertiary/aromatic N) is 1. The van der Waals surface area contributed by atoms with Crippen LogP contribution >= 0.6 is 0 Å². The van der Waals surface area contributed by atoms with Crippen LogP contribution in [0.1, 0.15) is 24.0 Å². The van der Waals surface area contributed by atoms with Crippen LogP contribution in [-0.2, 0) is 9.59 Å². The van der Waals surface area contributed by atoms with Gasteiger partial charge in [-0.2, -0.15) is 13.2 Å². The van der Waals surface area contributed by atoms with E-state index in [0.717, 1.165) is 17.3 Å². The number of halogens is 3. The third-order valence-electron chi connectivity index (χ3n) is 3.78. The molecule has 0 spiro atoms. The van der Waals surface area contributed by atoms with Crippen LogP contribution in [0.5, 0.6) is 0 Å². The van der Waals surface area contributed by atoms with Crippen LogP contribution in [0, 0.1) is 13.8 Å². The van der Waals surface area contributed by atoms with Gasteiger partial charge in [-0.1, -0.05) is 6.07 Å². The second kappa shape index (κ2) is 7.07. The number of rotatable bonds is 4. The predicted octanol–water partition coefficient (Wildman–Crippen LogP) is 3.35. The van der Waals surface area contributed by atoms with Gasteiger partial charge < -0.3 is 10.2 Å². The lowest BCUT2D eigenvalue weighted by Gasteiger charge is -2.22. The van der Waals surface area contributed by atoms with Crippen molar-refractivity contribution in [3.05, 3.63) is 41.6 Å². The normalized spacial score (nSPS) is 18.2. The van der Waals surface area contributed by atoms with Gasteiger partial charge in [-0.3, -0.25) is 9.59 Å². The molecule has 0 saturated carbocycles. The molecule has 1 aliphatic rings. The third kappa shape index (κ3) is 4.59. The summed E-state index contributed by atoms with van der Waals surface area (Å²) in [7, 11) is 0. The maximum absolute atomic E-state index is 12.4. The number of anilines is 1. The number of nitrogens with one attached hydrogen (secondary N) is 1. The molecule has 0 aliphatic carbocycles. The number of carbonyl (C=O) groups is 2. The van der Waals surface area contributed by atoms with Gasteiger partial charge in [0.25, 0.3) is 5.78 Å². The first-order valence-electron chi connectivity index (χ1n) is 7.61. The van der Waals surface area contributed by atoms with Crippen molar-refractivity contribution in [1.29, 1.82) is 0 Å². The fourth-order valence-corrected chi connectivity index (χ4v) is 2.78. The van der Waals surface area contributed by atoms with E-state index in [1.165, 1.54) is 4.90 Å². The first kappa shape index (κ1) is 18.0. The number of ketones is 1. The average Bonchev–Trinajstić information content (AvgIpc) is 2.90. The van der Waals surface area contributed by atoms with E-state index in [9.17, 15) is 22.8 Å². The average molecular weight is 340 g/mol. The van der Waals surface area contributed by atoms with E-state index < -0.39 is 18.0 Å². The molecule has 1 atom stereocenters. The molecule has 130 valence electrons. The summed E-state index contributed by atoms with van der Waals surface area (Å²) < 4.78 is 36.7. The van der Waals surface area contributed by atoms with Crippen LogP contribution in [0.15, 0.2) is 30.5 Å². The fraction of sp³-hybridized carbons (Fsp3) is 0.412. The van der Waals surface area contributed by atoms with Crippen LogP contribution in [0.25, 0.3) is 0 Å². The van der Waals surface area contributed by atoms with Crippen molar-refractivity contribution < 1.29 is 22.8 Å². The highest BCUT2D eigenvalue weighted by atomic mass is 19.4. The minimum atomic E-state index is -4.90. The number of aryl methyl sites for hydroxylation is 2. The summed E-state index contributed by atoms with van der Waals surface area (Å²) >= 11 is 0. The Morgan fingerprint density at radius 1 is 1.21 bits per heavy atom. The highest BCUT2D eigenvalue weighted by molar-refractivity contribution is 5.96. The Morgan fingerprint density at radius 2 is 1.83 bits per heavy atom. The largest absolute Gasteiger partial charge is 0.454 e. The highest BCUT2D eigenvalue weighted by Gasteiger charge is 2.37. The van der Waals surface area contributed by atoms with E-state index in [-0.39, 0.29) is 5.91 Å². The molecule has 7 heteroatoms. The van der Waals surface area contributed by atoms with Crippen molar-refractivity contribution in [3.8, 4) is 0 Å². The van der Waals surface area contributed by atoms with Gasteiger partial charge in [0.2, 0.25) is 5.91 Å². The summed E-state index contributed by atoms with van der Waals surface area (Å²) in [5.41, 5.74) is 2.66. The molecule has 1 aliphatic heterocycles. The Labute approximate surface area is 138 Å². The summed E-state index contributed by atoms with van der Waals surface area (Å²) in [5, 5.41) is 2.79. The fourth-order valence-electron chi connectivity index (χ4n) is 2.78. The number of hydrogen-bond acceptors (Lipinski definition) is 3. The van der Waals surface area contributed by atoms with Gasteiger partial charge in [-0.25, -0.2) is 0 Å². The van der Waals surface area contributed by atoms with Crippen molar-refractivity contribution >= 4 is 17.4 Å². The summed E-state index contributed by atoms with van der Waals surface area (Å²) in [6.45, 7) is 4.26. The van der Waals surface area contributed by atoms with Crippen LogP contribution in [-0.4, -0.2) is 35.4 Å². The molecule has 1 N–H and O–H groups in total. The summed E-state index contributed by atoms with van der Waals surface area (Å²) in [6.07, 6.45) is -2.15. The van der Waals surface area contributed by atoms with Crippen molar-refractivity contribution in [2.24, 2.45) is 0 Å². The van der Waals surface area contributed by atoms with E-state index in [1.54, 1.807) is 0 Å². The number of amides is 1. The first-order chi connectivity index (χ1) is 11.2. The van der Waals surface area contributed by atoms with E-state index in [2.05, 4.69) is 5.32 Å². The topological polar surface area (TPSA) is 49.4 Å².